The van der Waals surface area contributed by atoms with Crippen LogP contribution >= 0.6 is 0 Å². The van der Waals surface area contributed by atoms with Gasteiger partial charge >= 0.3 is 6.03 Å². The first kappa shape index (κ1) is 17.5. The maximum atomic E-state index is 12.5. The molecule has 0 aliphatic carbocycles. The molecule has 0 spiro atoms. The molecule has 0 bridgehead atoms. The molecule has 132 valence electrons. The number of hydrogen-bond donors (Lipinski definition) is 2. The van der Waals surface area contributed by atoms with Crippen LogP contribution in [0.4, 0.5) is 4.79 Å². The standard InChI is InChI=1S/C21H27N3O/c22-14-18-8-10-19(11-9-18)15-23-21(25)24-12-4-7-20(16-24)13-17-5-2-1-3-6-17/h1-3,5-6,8-11,20H,4,7,12-16,22H2,(H,23,25). The van der Waals surface area contributed by atoms with Crippen molar-refractivity contribution in [2.24, 2.45) is 11.7 Å². The Kier molecular flexibility index (Phi) is 6.07. The number of benzene rings is 2. The zero-order valence-corrected chi connectivity index (χ0v) is 14.7. The van der Waals surface area contributed by atoms with Crippen molar-refractivity contribution in [1.29, 1.82) is 0 Å². The third-order valence-electron chi connectivity index (χ3n) is 4.88. The van der Waals surface area contributed by atoms with Crippen LogP contribution in [0.2, 0.25) is 0 Å². The number of urea groups is 1. The topological polar surface area (TPSA) is 58.4 Å². The Bertz CT molecular complexity index is 669. The summed E-state index contributed by atoms with van der Waals surface area (Å²) in [4.78, 5) is 14.5. The van der Waals surface area contributed by atoms with E-state index in [9.17, 15) is 4.79 Å². The van der Waals surface area contributed by atoms with Crippen LogP contribution in [0.3, 0.4) is 0 Å². The second kappa shape index (κ2) is 8.67. The fourth-order valence-corrected chi connectivity index (χ4v) is 3.45. The number of carbonyl (C=O) groups is 1. The quantitative estimate of drug-likeness (QED) is 0.879. The van der Waals surface area contributed by atoms with E-state index in [1.807, 2.05) is 35.2 Å². The van der Waals surface area contributed by atoms with E-state index in [-0.39, 0.29) is 6.03 Å². The van der Waals surface area contributed by atoms with Gasteiger partial charge in [-0.2, -0.15) is 0 Å². The lowest BCUT2D eigenvalue weighted by Crippen LogP contribution is -2.45. The first-order valence-corrected chi connectivity index (χ1v) is 9.09. The van der Waals surface area contributed by atoms with Crippen molar-refractivity contribution in [3.05, 3.63) is 71.3 Å². The van der Waals surface area contributed by atoms with Gasteiger partial charge in [0.25, 0.3) is 0 Å². The highest BCUT2D eigenvalue weighted by molar-refractivity contribution is 5.74. The van der Waals surface area contributed by atoms with Crippen molar-refractivity contribution in [3.63, 3.8) is 0 Å². The fraction of sp³-hybridized carbons (Fsp3) is 0.381. The minimum absolute atomic E-state index is 0.0423. The summed E-state index contributed by atoms with van der Waals surface area (Å²) in [6, 6.07) is 18.7. The van der Waals surface area contributed by atoms with Gasteiger partial charge < -0.3 is 16.0 Å². The van der Waals surface area contributed by atoms with Crippen molar-refractivity contribution in [2.45, 2.75) is 32.4 Å². The molecule has 1 fully saturated rings. The molecule has 1 saturated heterocycles. The van der Waals surface area contributed by atoms with Gasteiger partial charge in [-0.3, -0.25) is 0 Å². The maximum absolute atomic E-state index is 12.5. The van der Waals surface area contributed by atoms with E-state index in [0.717, 1.165) is 37.1 Å². The van der Waals surface area contributed by atoms with Gasteiger partial charge in [0.15, 0.2) is 0 Å². The molecule has 0 aromatic heterocycles. The van der Waals surface area contributed by atoms with Crippen molar-refractivity contribution < 1.29 is 4.79 Å². The van der Waals surface area contributed by atoms with Crippen molar-refractivity contribution in [2.75, 3.05) is 13.1 Å². The van der Waals surface area contributed by atoms with Gasteiger partial charge in [0.2, 0.25) is 0 Å². The lowest BCUT2D eigenvalue weighted by molar-refractivity contribution is 0.165. The van der Waals surface area contributed by atoms with E-state index in [2.05, 4.69) is 29.6 Å². The van der Waals surface area contributed by atoms with Crippen LogP contribution in [0.5, 0.6) is 0 Å². The molecule has 2 amide bonds. The molecule has 1 heterocycles. The third-order valence-corrected chi connectivity index (χ3v) is 4.88. The van der Waals surface area contributed by atoms with Crippen LogP contribution in [-0.2, 0) is 19.5 Å². The SMILES string of the molecule is NCc1ccc(CNC(=O)N2CCCC(Cc3ccccc3)C2)cc1. The summed E-state index contributed by atoms with van der Waals surface area (Å²) in [6.07, 6.45) is 3.32. The van der Waals surface area contributed by atoms with Gasteiger partial charge in [0.1, 0.15) is 0 Å². The van der Waals surface area contributed by atoms with Crippen LogP contribution in [0.1, 0.15) is 29.5 Å². The average Bonchev–Trinajstić information content (AvgIpc) is 2.67. The molecule has 1 atom stereocenters. The van der Waals surface area contributed by atoms with Gasteiger partial charge in [-0.25, -0.2) is 4.79 Å². The number of nitrogens with one attached hydrogen (secondary N) is 1. The first-order chi connectivity index (χ1) is 12.2. The summed E-state index contributed by atoms with van der Waals surface area (Å²) in [5.74, 6) is 0.547. The summed E-state index contributed by atoms with van der Waals surface area (Å²) in [5, 5.41) is 3.05. The number of amides is 2. The predicted molar refractivity (Wildman–Crippen MR) is 101 cm³/mol. The Balaban J connectivity index is 1.49. The maximum Gasteiger partial charge on any atom is 0.317 e. The molecule has 3 rings (SSSR count). The molecule has 4 heteroatoms. The predicted octanol–water partition coefficient (Wildman–Crippen LogP) is 3.31. The minimum Gasteiger partial charge on any atom is -0.334 e. The number of piperidine rings is 1. The highest BCUT2D eigenvalue weighted by atomic mass is 16.2. The van der Waals surface area contributed by atoms with Gasteiger partial charge in [-0.1, -0.05) is 54.6 Å². The molecule has 4 nitrogen and oxygen atoms in total. The van der Waals surface area contributed by atoms with E-state index >= 15 is 0 Å². The normalized spacial score (nSPS) is 17.3. The van der Waals surface area contributed by atoms with Crippen molar-refractivity contribution in [1.82, 2.24) is 10.2 Å². The summed E-state index contributed by atoms with van der Waals surface area (Å²) in [7, 11) is 0. The lowest BCUT2D eigenvalue weighted by Gasteiger charge is -2.33. The third kappa shape index (κ3) is 5.07. The molecule has 1 aliphatic rings. The number of carbonyl (C=O) groups excluding carboxylic acids is 1. The molecule has 0 radical (unpaired) electrons. The smallest absolute Gasteiger partial charge is 0.317 e. The molecule has 2 aromatic carbocycles. The van der Waals surface area contributed by atoms with E-state index in [4.69, 9.17) is 5.73 Å². The second-order valence-electron chi connectivity index (χ2n) is 6.82. The van der Waals surface area contributed by atoms with Crippen molar-refractivity contribution in [3.8, 4) is 0 Å². The minimum atomic E-state index is 0.0423. The Labute approximate surface area is 150 Å². The molecular weight excluding hydrogens is 310 g/mol. The number of likely N-dealkylation sites (tertiary alicyclic amines) is 1. The number of rotatable bonds is 5. The highest BCUT2D eigenvalue weighted by Crippen LogP contribution is 2.21. The monoisotopic (exact) mass is 337 g/mol. The van der Waals surface area contributed by atoms with Crippen LogP contribution in [0.25, 0.3) is 0 Å². The summed E-state index contributed by atoms with van der Waals surface area (Å²) < 4.78 is 0. The first-order valence-electron chi connectivity index (χ1n) is 9.09. The molecule has 2 aromatic rings. The van der Waals surface area contributed by atoms with E-state index in [0.29, 0.717) is 19.0 Å². The highest BCUT2D eigenvalue weighted by Gasteiger charge is 2.23. The molecule has 0 saturated carbocycles. The summed E-state index contributed by atoms with van der Waals surface area (Å²) in [6.45, 7) is 2.79. The Morgan fingerprint density at radius 3 is 2.48 bits per heavy atom. The molecule has 1 unspecified atom stereocenters. The Morgan fingerprint density at radius 1 is 1.04 bits per heavy atom. The molecule has 3 N–H and O–H groups in total. The Morgan fingerprint density at radius 2 is 1.76 bits per heavy atom. The molecule has 25 heavy (non-hydrogen) atoms. The van der Waals surface area contributed by atoms with Crippen LogP contribution in [-0.4, -0.2) is 24.0 Å². The van der Waals surface area contributed by atoms with Gasteiger partial charge in [-0.05, 0) is 41.9 Å². The summed E-state index contributed by atoms with van der Waals surface area (Å²) >= 11 is 0. The zero-order valence-electron chi connectivity index (χ0n) is 14.7. The fourth-order valence-electron chi connectivity index (χ4n) is 3.45. The van der Waals surface area contributed by atoms with Gasteiger partial charge in [0.05, 0.1) is 0 Å². The van der Waals surface area contributed by atoms with Crippen LogP contribution < -0.4 is 11.1 Å². The van der Waals surface area contributed by atoms with Gasteiger partial charge in [-0.15, -0.1) is 0 Å². The Hall–Kier alpha value is -2.33. The largest absolute Gasteiger partial charge is 0.334 e. The molecular formula is C21H27N3O. The average molecular weight is 337 g/mol. The van der Waals surface area contributed by atoms with Gasteiger partial charge in [0, 0.05) is 26.2 Å². The van der Waals surface area contributed by atoms with E-state index in [1.54, 1.807) is 0 Å². The second-order valence-corrected chi connectivity index (χ2v) is 6.82. The van der Waals surface area contributed by atoms with Crippen molar-refractivity contribution >= 4 is 6.03 Å². The molecule has 1 aliphatic heterocycles. The van der Waals surface area contributed by atoms with E-state index in [1.165, 1.54) is 12.0 Å². The lowest BCUT2D eigenvalue weighted by atomic mass is 9.91. The number of nitrogens with zero attached hydrogens (tertiary/aromatic N) is 1. The van der Waals surface area contributed by atoms with Crippen LogP contribution in [0.15, 0.2) is 54.6 Å². The number of nitrogens with two attached hydrogens (primary N) is 1. The summed E-state index contributed by atoms with van der Waals surface area (Å²) in [5.41, 5.74) is 9.17. The van der Waals surface area contributed by atoms with Crippen LogP contribution in [0, 0.1) is 5.92 Å². The number of hydrogen-bond acceptors (Lipinski definition) is 2. The zero-order chi connectivity index (χ0) is 17.5. The van der Waals surface area contributed by atoms with E-state index < -0.39 is 0 Å².